The Morgan fingerprint density at radius 3 is 2.50 bits per heavy atom. The molecule has 0 unspecified atom stereocenters. The maximum absolute atomic E-state index is 12.1. The first kappa shape index (κ1) is 15.8. The largest absolute Gasteiger partial charge is 0.490 e. The fourth-order valence-corrected chi connectivity index (χ4v) is 1.88. The molecule has 0 amide bonds. The van der Waals surface area contributed by atoms with E-state index in [2.05, 4.69) is 4.98 Å². The summed E-state index contributed by atoms with van der Waals surface area (Å²) in [5.74, 6) is 0.733. The Balaban J connectivity index is 2.07. The number of hydrogen-bond donors (Lipinski definition) is 0. The molecule has 116 valence electrons. The summed E-state index contributed by atoms with van der Waals surface area (Å²) in [4.78, 5) is 16.2. The van der Waals surface area contributed by atoms with Crippen molar-refractivity contribution in [2.45, 2.75) is 20.5 Å². The zero-order valence-electron chi connectivity index (χ0n) is 12.7. The van der Waals surface area contributed by atoms with Gasteiger partial charge in [0.25, 0.3) is 0 Å². The Labute approximate surface area is 129 Å². The number of aromatic nitrogens is 1. The van der Waals surface area contributed by atoms with Gasteiger partial charge in [0.2, 0.25) is 0 Å². The summed E-state index contributed by atoms with van der Waals surface area (Å²) in [6.07, 6.45) is 1.66. The average molecular weight is 301 g/mol. The van der Waals surface area contributed by atoms with E-state index in [1.165, 1.54) is 0 Å². The lowest BCUT2D eigenvalue weighted by atomic mass is 10.2. The van der Waals surface area contributed by atoms with Crippen molar-refractivity contribution in [2.75, 3.05) is 13.2 Å². The normalized spacial score (nSPS) is 10.1. The second-order valence-electron chi connectivity index (χ2n) is 4.42. The number of carbonyl (C=O) groups excluding carboxylic acids is 1. The van der Waals surface area contributed by atoms with Gasteiger partial charge in [-0.15, -0.1) is 0 Å². The standard InChI is InChI=1S/C17H19NO4/c1-3-20-15-9-8-13(11-16(15)21-4-2)17(19)22-12-14-7-5-6-10-18-14/h5-11H,3-4,12H2,1-2H3. The topological polar surface area (TPSA) is 57.7 Å². The molecule has 0 aliphatic heterocycles. The molecular weight excluding hydrogens is 282 g/mol. The molecule has 2 aromatic rings. The van der Waals surface area contributed by atoms with Crippen molar-refractivity contribution in [3.8, 4) is 11.5 Å². The third-order valence-electron chi connectivity index (χ3n) is 2.86. The summed E-state index contributed by atoms with van der Waals surface area (Å²) < 4.78 is 16.2. The molecule has 22 heavy (non-hydrogen) atoms. The van der Waals surface area contributed by atoms with Crippen LogP contribution >= 0.6 is 0 Å². The Hall–Kier alpha value is -2.56. The van der Waals surface area contributed by atoms with Crippen LogP contribution in [0.1, 0.15) is 29.9 Å². The SMILES string of the molecule is CCOc1ccc(C(=O)OCc2ccccn2)cc1OCC. The zero-order valence-corrected chi connectivity index (χ0v) is 12.7. The van der Waals surface area contributed by atoms with Crippen molar-refractivity contribution < 1.29 is 19.0 Å². The number of esters is 1. The van der Waals surface area contributed by atoms with Crippen LogP contribution in [0.15, 0.2) is 42.6 Å². The monoisotopic (exact) mass is 301 g/mol. The van der Waals surface area contributed by atoms with Crippen molar-refractivity contribution in [1.29, 1.82) is 0 Å². The van der Waals surface area contributed by atoms with Crippen LogP contribution in [0.25, 0.3) is 0 Å². The van der Waals surface area contributed by atoms with Crippen molar-refractivity contribution >= 4 is 5.97 Å². The molecule has 0 N–H and O–H groups in total. The third kappa shape index (κ3) is 4.22. The van der Waals surface area contributed by atoms with Gasteiger partial charge < -0.3 is 14.2 Å². The van der Waals surface area contributed by atoms with E-state index in [4.69, 9.17) is 14.2 Å². The molecule has 0 radical (unpaired) electrons. The molecule has 0 bridgehead atoms. The molecule has 5 nitrogen and oxygen atoms in total. The molecule has 0 atom stereocenters. The summed E-state index contributed by atoms with van der Waals surface area (Å²) in [5.41, 5.74) is 1.12. The molecular formula is C17H19NO4. The van der Waals surface area contributed by atoms with Gasteiger partial charge in [0.1, 0.15) is 6.61 Å². The number of ether oxygens (including phenoxy) is 3. The van der Waals surface area contributed by atoms with E-state index < -0.39 is 5.97 Å². The van der Waals surface area contributed by atoms with Crippen molar-refractivity contribution in [3.63, 3.8) is 0 Å². The van der Waals surface area contributed by atoms with Crippen LogP contribution in [0.4, 0.5) is 0 Å². The van der Waals surface area contributed by atoms with Gasteiger partial charge in [-0.2, -0.15) is 0 Å². The fraction of sp³-hybridized carbons (Fsp3) is 0.294. The van der Waals surface area contributed by atoms with Crippen LogP contribution < -0.4 is 9.47 Å². The maximum Gasteiger partial charge on any atom is 0.338 e. The Morgan fingerprint density at radius 1 is 1.05 bits per heavy atom. The number of benzene rings is 1. The lowest BCUT2D eigenvalue weighted by Crippen LogP contribution is -2.07. The van der Waals surface area contributed by atoms with E-state index in [1.807, 2.05) is 26.0 Å². The summed E-state index contributed by atoms with van der Waals surface area (Å²) >= 11 is 0. The van der Waals surface area contributed by atoms with Crippen LogP contribution in [0, 0.1) is 0 Å². The van der Waals surface area contributed by atoms with Gasteiger partial charge in [0.05, 0.1) is 24.5 Å². The molecule has 1 aromatic carbocycles. The highest BCUT2D eigenvalue weighted by Crippen LogP contribution is 2.28. The fourth-order valence-electron chi connectivity index (χ4n) is 1.88. The van der Waals surface area contributed by atoms with E-state index >= 15 is 0 Å². The molecule has 0 aliphatic rings. The molecule has 0 saturated carbocycles. The van der Waals surface area contributed by atoms with Crippen molar-refractivity contribution in [1.82, 2.24) is 4.98 Å². The number of rotatable bonds is 7. The first-order chi connectivity index (χ1) is 10.7. The minimum Gasteiger partial charge on any atom is -0.490 e. The molecule has 0 aliphatic carbocycles. The zero-order chi connectivity index (χ0) is 15.8. The molecule has 5 heteroatoms. The van der Waals surface area contributed by atoms with Crippen LogP contribution in [0.2, 0.25) is 0 Å². The third-order valence-corrected chi connectivity index (χ3v) is 2.86. The minimum absolute atomic E-state index is 0.136. The smallest absolute Gasteiger partial charge is 0.338 e. The van der Waals surface area contributed by atoms with Gasteiger partial charge in [-0.05, 0) is 44.2 Å². The number of hydrogen-bond acceptors (Lipinski definition) is 5. The van der Waals surface area contributed by atoms with Crippen molar-refractivity contribution in [3.05, 3.63) is 53.9 Å². The molecule has 0 fully saturated rings. The van der Waals surface area contributed by atoms with Gasteiger partial charge in [0, 0.05) is 6.20 Å². The lowest BCUT2D eigenvalue weighted by molar-refractivity contribution is 0.0467. The summed E-state index contributed by atoms with van der Waals surface area (Å²) in [6.45, 7) is 4.93. The Morgan fingerprint density at radius 2 is 1.82 bits per heavy atom. The van der Waals surface area contributed by atoms with Crippen LogP contribution in [0.5, 0.6) is 11.5 Å². The van der Waals surface area contributed by atoms with Crippen LogP contribution in [-0.4, -0.2) is 24.2 Å². The molecule has 1 heterocycles. The average Bonchev–Trinajstić information content (AvgIpc) is 2.55. The maximum atomic E-state index is 12.1. The number of nitrogens with zero attached hydrogens (tertiary/aromatic N) is 1. The highest BCUT2D eigenvalue weighted by Gasteiger charge is 2.13. The van der Waals surface area contributed by atoms with Gasteiger partial charge in [-0.3, -0.25) is 4.98 Å². The van der Waals surface area contributed by atoms with E-state index in [-0.39, 0.29) is 6.61 Å². The summed E-state index contributed by atoms with van der Waals surface area (Å²) in [6, 6.07) is 10.5. The molecule has 0 spiro atoms. The second-order valence-corrected chi connectivity index (χ2v) is 4.42. The van der Waals surface area contributed by atoms with E-state index in [0.29, 0.717) is 36.0 Å². The molecule has 2 rings (SSSR count). The quantitative estimate of drug-likeness (QED) is 0.735. The lowest BCUT2D eigenvalue weighted by Gasteiger charge is -2.12. The minimum atomic E-state index is -0.422. The Kier molecular flexibility index (Phi) is 5.77. The van der Waals surface area contributed by atoms with Gasteiger partial charge >= 0.3 is 5.97 Å². The Bertz CT molecular complexity index is 613. The number of carbonyl (C=O) groups is 1. The predicted molar refractivity (Wildman–Crippen MR) is 82.1 cm³/mol. The highest BCUT2D eigenvalue weighted by molar-refractivity contribution is 5.90. The highest BCUT2D eigenvalue weighted by atomic mass is 16.5. The van der Waals surface area contributed by atoms with Gasteiger partial charge in [-0.1, -0.05) is 6.07 Å². The van der Waals surface area contributed by atoms with Gasteiger partial charge in [-0.25, -0.2) is 4.79 Å². The summed E-state index contributed by atoms with van der Waals surface area (Å²) in [7, 11) is 0. The van der Waals surface area contributed by atoms with Crippen LogP contribution in [-0.2, 0) is 11.3 Å². The van der Waals surface area contributed by atoms with Crippen LogP contribution in [0.3, 0.4) is 0 Å². The van der Waals surface area contributed by atoms with E-state index in [1.54, 1.807) is 30.5 Å². The number of pyridine rings is 1. The predicted octanol–water partition coefficient (Wildman–Crippen LogP) is 3.24. The van der Waals surface area contributed by atoms with E-state index in [0.717, 1.165) is 0 Å². The van der Waals surface area contributed by atoms with Crippen molar-refractivity contribution in [2.24, 2.45) is 0 Å². The summed E-state index contributed by atoms with van der Waals surface area (Å²) in [5, 5.41) is 0. The molecule has 1 aromatic heterocycles. The first-order valence-electron chi connectivity index (χ1n) is 7.21. The molecule has 0 saturated heterocycles. The first-order valence-corrected chi connectivity index (χ1v) is 7.21. The van der Waals surface area contributed by atoms with E-state index in [9.17, 15) is 4.79 Å². The second kappa shape index (κ2) is 8.02. The van der Waals surface area contributed by atoms with Gasteiger partial charge in [0.15, 0.2) is 11.5 Å².